The summed E-state index contributed by atoms with van der Waals surface area (Å²) in [5.41, 5.74) is 22.7. The molecule has 0 aliphatic heterocycles. The van der Waals surface area contributed by atoms with Gasteiger partial charge in [0, 0.05) is 38.7 Å². The smallest absolute Gasteiger partial charge is 0.101 e. The Morgan fingerprint density at radius 2 is 0.797 bits per heavy atom. The highest BCUT2D eigenvalue weighted by Gasteiger charge is 2.52. The van der Waals surface area contributed by atoms with Crippen molar-refractivity contribution in [3.05, 3.63) is 283 Å². The summed E-state index contributed by atoms with van der Waals surface area (Å²) in [7, 11) is 0. The van der Waals surface area contributed by atoms with Crippen molar-refractivity contribution in [1.82, 2.24) is 9.61 Å². The van der Waals surface area contributed by atoms with E-state index in [2.05, 4.69) is 270 Å². The third kappa shape index (κ3) is 5.71. The lowest BCUT2D eigenvalue weighted by Crippen LogP contribution is -2.26. The van der Waals surface area contributed by atoms with Crippen LogP contribution in [-0.2, 0) is 5.41 Å². The molecule has 3 heteroatoms. The molecule has 0 saturated carbocycles. The number of nitrogens with zero attached hydrogens (tertiary/aromatic N) is 3. The lowest BCUT2D eigenvalue weighted by molar-refractivity contribution is 0.794. The van der Waals surface area contributed by atoms with Gasteiger partial charge in [-0.1, -0.05) is 243 Å². The molecule has 0 saturated heterocycles. The Bertz CT molecular complexity index is 3890. The van der Waals surface area contributed by atoms with Crippen LogP contribution in [0.2, 0.25) is 0 Å². The highest BCUT2D eigenvalue weighted by Crippen LogP contribution is 2.65. The van der Waals surface area contributed by atoms with Crippen molar-refractivity contribution in [2.45, 2.75) is 5.41 Å². The van der Waals surface area contributed by atoms with Crippen LogP contribution in [0.1, 0.15) is 22.3 Å². The molecule has 0 bridgehead atoms. The van der Waals surface area contributed by atoms with Crippen molar-refractivity contribution in [2.75, 3.05) is 4.90 Å². The summed E-state index contributed by atoms with van der Waals surface area (Å²) >= 11 is 0. The Labute approximate surface area is 401 Å². The molecular weight excluding hydrogens is 835 g/mol. The number of hydrogen-bond donors (Lipinski definition) is 0. The van der Waals surface area contributed by atoms with Crippen LogP contribution in [0.3, 0.4) is 0 Å². The molecule has 2 aromatic heterocycles. The highest BCUT2D eigenvalue weighted by atomic mass is 15.3. The fourth-order valence-electron chi connectivity index (χ4n) is 11.8. The van der Waals surface area contributed by atoms with E-state index in [0.29, 0.717) is 0 Å². The SMILES string of the molecule is c1ccc(-c2ccc(N(c3cccc4c3-c3ccccc3C43c4ccccc4-c4ccccc43)c3c(-c4ccccc4)n4nc(-c5ccccc5)c(-c5ccccc5)c4c4ccccc34)cc2)cc1. The summed E-state index contributed by atoms with van der Waals surface area (Å²) in [6.07, 6.45) is 0. The van der Waals surface area contributed by atoms with Gasteiger partial charge in [-0.05, 0) is 73.8 Å². The van der Waals surface area contributed by atoms with Gasteiger partial charge >= 0.3 is 0 Å². The molecule has 3 nitrogen and oxygen atoms in total. The first-order chi connectivity index (χ1) is 34.3. The van der Waals surface area contributed by atoms with Crippen molar-refractivity contribution in [2.24, 2.45) is 0 Å². The molecule has 0 N–H and O–H groups in total. The summed E-state index contributed by atoms with van der Waals surface area (Å²) in [4.78, 5) is 2.55. The fourth-order valence-corrected chi connectivity index (χ4v) is 11.8. The van der Waals surface area contributed by atoms with Crippen LogP contribution in [0.4, 0.5) is 17.1 Å². The summed E-state index contributed by atoms with van der Waals surface area (Å²) in [6.45, 7) is 0. The minimum atomic E-state index is -0.511. The van der Waals surface area contributed by atoms with Crippen molar-refractivity contribution in [3.63, 3.8) is 0 Å². The zero-order chi connectivity index (χ0) is 45.5. The molecule has 14 rings (SSSR count). The van der Waals surface area contributed by atoms with E-state index in [1.807, 2.05) is 0 Å². The molecule has 2 aliphatic rings. The Morgan fingerprint density at radius 3 is 1.42 bits per heavy atom. The number of pyridine rings is 1. The van der Waals surface area contributed by atoms with Crippen LogP contribution in [0.15, 0.2) is 261 Å². The molecule has 69 heavy (non-hydrogen) atoms. The monoisotopic (exact) mass is 877 g/mol. The van der Waals surface area contributed by atoms with Crippen molar-refractivity contribution < 1.29 is 0 Å². The molecule has 2 aliphatic carbocycles. The van der Waals surface area contributed by atoms with E-state index < -0.39 is 5.41 Å². The molecule has 322 valence electrons. The van der Waals surface area contributed by atoms with E-state index in [4.69, 9.17) is 5.10 Å². The molecule has 0 radical (unpaired) electrons. The Morgan fingerprint density at radius 1 is 0.333 bits per heavy atom. The van der Waals surface area contributed by atoms with Crippen LogP contribution in [0.5, 0.6) is 0 Å². The van der Waals surface area contributed by atoms with Crippen LogP contribution in [0, 0.1) is 0 Å². The number of benzene rings is 10. The number of aromatic nitrogens is 2. The standard InChI is InChI=1S/C66H43N3/c1-5-22-44(23-6-1)45-40-42-49(43-41-45)68(59-39-21-38-58-61(59)54-34-17-20-37-57(54)66(58)55-35-18-15-30-50(55)51-31-16-19-36-56(51)66)65-53-33-14-13-32-52(53)64-60(46-24-7-2-8-25-46)62(47-26-9-3-10-27-47)67-69(64)63(65)48-28-11-4-12-29-48/h1-43H. The van der Waals surface area contributed by atoms with E-state index >= 15 is 0 Å². The van der Waals surface area contributed by atoms with E-state index in [9.17, 15) is 0 Å². The predicted molar refractivity (Wildman–Crippen MR) is 285 cm³/mol. The summed E-state index contributed by atoms with van der Waals surface area (Å²) < 4.78 is 2.26. The molecule has 0 unspecified atom stereocenters. The lowest BCUT2D eigenvalue weighted by atomic mass is 9.70. The lowest BCUT2D eigenvalue weighted by Gasteiger charge is -2.33. The summed E-state index contributed by atoms with van der Waals surface area (Å²) in [6, 6.07) is 95.4. The fraction of sp³-hybridized carbons (Fsp3) is 0.0152. The van der Waals surface area contributed by atoms with Gasteiger partial charge in [0.1, 0.15) is 5.69 Å². The van der Waals surface area contributed by atoms with Crippen LogP contribution < -0.4 is 4.90 Å². The highest BCUT2D eigenvalue weighted by molar-refractivity contribution is 6.16. The Hall–Kier alpha value is -9.05. The van der Waals surface area contributed by atoms with Crippen LogP contribution in [-0.4, -0.2) is 9.61 Å². The number of hydrogen-bond acceptors (Lipinski definition) is 2. The number of anilines is 3. The number of fused-ring (bicyclic) bond motifs is 13. The second kappa shape index (κ2) is 15.5. The van der Waals surface area contributed by atoms with E-state index in [1.54, 1.807) is 0 Å². The first kappa shape index (κ1) is 39.1. The van der Waals surface area contributed by atoms with Gasteiger partial charge in [0.05, 0.1) is 28.0 Å². The molecule has 0 atom stereocenters. The largest absolute Gasteiger partial charge is 0.307 e. The minimum Gasteiger partial charge on any atom is -0.307 e. The summed E-state index contributed by atoms with van der Waals surface area (Å²) in [5.74, 6) is 0. The quantitative estimate of drug-likeness (QED) is 0.159. The van der Waals surface area contributed by atoms with E-state index in [-0.39, 0.29) is 0 Å². The third-order valence-corrected chi connectivity index (χ3v) is 14.6. The van der Waals surface area contributed by atoms with Gasteiger partial charge in [-0.2, -0.15) is 5.10 Å². The van der Waals surface area contributed by atoms with Gasteiger partial charge in [-0.3, -0.25) is 0 Å². The molecular formula is C66H43N3. The minimum absolute atomic E-state index is 0.511. The number of rotatable bonds is 7. The topological polar surface area (TPSA) is 20.5 Å². The summed E-state index contributed by atoms with van der Waals surface area (Å²) in [5, 5.41) is 8.02. The maximum Gasteiger partial charge on any atom is 0.101 e. The maximum atomic E-state index is 5.78. The second-order valence-electron chi connectivity index (χ2n) is 18.2. The predicted octanol–water partition coefficient (Wildman–Crippen LogP) is 17.0. The van der Waals surface area contributed by atoms with Crippen molar-refractivity contribution in [1.29, 1.82) is 0 Å². The Balaban J connectivity index is 1.15. The zero-order valence-corrected chi connectivity index (χ0v) is 37.7. The first-order valence-corrected chi connectivity index (χ1v) is 23.8. The van der Waals surface area contributed by atoms with Gasteiger partial charge in [-0.15, -0.1) is 0 Å². The van der Waals surface area contributed by atoms with E-state index in [1.165, 1.54) is 50.1 Å². The molecule has 2 heterocycles. The average molecular weight is 878 g/mol. The van der Waals surface area contributed by atoms with Crippen molar-refractivity contribution >= 4 is 33.4 Å². The average Bonchev–Trinajstić information content (AvgIpc) is 4.08. The van der Waals surface area contributed by atoms with Crippen molar-refractivity contribution in [3.8, 4) is 67.0 Å². The van der Waals surface area contributed by atoms with Gasteiger partial charge in [-0.25, -0.2) is 4.52 Å². The van der Waals surface area contributed by atoms with Gasteiger partial charge in [0.25, 0.3) is 0 Å². The first-order valence-electron chi connectivity index (χ1n) is 23.8. The van der Waals surface area contributed by atoms with E-state index in [0.717, 1.165) is 72.6 Å². The molecule has 0 fully saturated rings. The van der Waals surface area contributed by atoms with Gasteiger partial charge in [0.2, 0.25) is 0 Å². The zero-order valence-electron chi connectivity index (χ0n) is 37.7. The second-order valence-corrected chi connectivity index (χ2v) is 18.2. The maximum absolute atomic E-state index is 5.78. The third-order valence-electron chi connectivity index (χ3n) is 14.6. The van der Waals surface area contributed by atoms with Crippen LogP contribution >= 0.6 is 0 Å². The van der Waals surface area contributed by atoms with Gasteiger partial charge in [0.15, 0.2) is 0 Å². The molecule has 10 aromatic carbocycles. The molecule has 12 aromatic rings. The normalized spacial score (nSPS) is 12.8. The molecule has 1 spiro atoms. The molecule has 0 amide bonds. The van der Waals surface area contributed by atoms with Crippen LogP contribution in [0.25, 0.3) is 83.3 Å². The van der Waals surface area contributed by atoms with Gasteiger partial charge < -0.3 is 4.90 Å². The Kier molecular flexibility index (Phi) is 8.80.